The number of benzene rings is 4. The van der Waals surface area contributed by atoms with Gasteiger partial charge in [-0.2, -0.15) is 0 Å². The standard InChI is InChI=1S/C31H31N/c1-30(2,3)22-13-11-21(12-14-22)25-18-17-24(20-9-7-6-8-10-20)28-26-16-15-23(32)19-27(26)31(4,5)29(25)28/h6-19H,32H2,1-5H3. The number of rotatable bonds is 2. The molecule has 4 aromatic carbocycles. The van der Waals surface area contributed by atoms with Gasteiger partial charge >= 0.3 is 0 Å². The van der Waals surface area contributed by atoms with Crippen LogP contribution in [0.1, 0.15) is 51.3 Å². The first kappa shape index (κ1) is 20.6. The Morgan fingerprint density at radius 2 is 1.25 bits per heavy atom. The maximum Gasteiger partial charge on any atom is 0.0317 e. The minimum atomic E-state index is -0.136. The van der Waals surface area contributed by atoms with Crippen molar-refractivity contribution in [2.75, 3.05) is 5.73 Å². The van der Waals surface area contributed by atoms with Crippen LogP contribution >= 0.6 is 0 Å². The van der Waals surface area contributed by atoms with Gasteiger partial charge in [-0.3, -0.25) is 0 Å². The highest BCUT2D eigenvalue weighted by Gasteiger charge is 2.39. The van der Waals surface area contributed by atoms with Crippen molar-refractivity contribution in [1.82, 2.24) is 0 Å². The molecule has 0 fully saturated rings. The van der Waals surface area contributed by atoms with Gasteiger partial charge in [0, 0.05) is 11.1 Å². The van der Waals surface area contributed by atoms with Crippen LogP contribution in [0.15, 0.2) is 84.9 Å². The van der Waals surface area contributed by atoms with Gasteiger partial charge in [-0.25, -0.2) is 0 Å². The second-order valence-corrected chi connectivity index (χ2v) is 10.5. The number of hydrogen-bond donors (Lipinski definition) is 1. The zero-order valence-electron chi connectivity index (χ0n) is 19.7. The number of fused-ring (bicyclic) bond motifs is 3. The Morgan fingerprint density at radius 3 is 1.91 bits per heavy atom. The van der Waals surface area contributed by atoms with Gasteiger partial charge in [-0.1, -0.05) is 107 Å². The third kappa shape index (κ3) is 3.15. The molecular weight excluding hydrogens is 386 g/mol. The highest BCUT2D eigenvalue weighted by atomic mass is 14.6. The van der Waals surface area contributed by atoms with Gasteiger partial charge in [0.1, 0.15) is 0 Å². The van der Waals surface area contributed by atoms with E-state index in [-0.39, 0.29) is 10.8 Å². The van der Waals surface area contributed by atoms with Gasteiger partial charge in [0.2, 0.25) is 0 Å². The fourth-order valence-electron chi connectivity index (χ4n) is 5.21. The van der Waals surface area contributed by atoms with Crippen molar-refractivity contribution >= 4 is 5.69 Å². The van der Waals surface area contributed by atoms with Crippen LogP contribution in [0, 0.1) is 0 Å². The first-order valence-corrected chi connectivity index (χ1v) is 11.4. The topological polar surface area (TPSA) is 26.0 Å². The van der Waals surface area contributed by atoms with Crippen LogP contribution in [0.5, 0.6) is 0 Å². The van der Waals surface area contributed by atoms with E-state index in [1.165, 1.54) is 50.1 Å². The molecular formula is C31H31N. The Labute approximate surface area is 191 Å². The fourth-order valence-corrected chi connectivity index (χ4v) is 5.21. The van der Waals surface area contributed by atoms with Gasteiger partial charge in [0.15, 0.2) is 0 Å². The first-order chi connectivity index (χ1) is 15.2. The normalized spacial score (nSPS) is 14.2. The molecule has 1 aliphatic carbocycles. The quantitative estimate of drug-likeness (QED) is 0.327. The summed E-state index contributed by atoms with van der Waals surface area (Å²) in [6.07, 6.45) is 0. The van der Waals surface area contributed by atoms with Crippen LogP contribution in [-0.2, 0) is 10.8 Å². The number of anilines is 1. The summed E-state index contributed by atoms with van der Waals surface area (Å²) in [5.74, 6) is 0. The van der Waals surface area contributed by atoms with E-state index in [2.05, 4.69) is 113 Å². The molecule has 0 bridgehead atoms. The van der Waals surface area contributed by atoms with Gasteiger partial charge in [-0.15, -0.1) is 0 Å². The maximum absolute atomic E-state index is 6.24. The summed E-state index contributed by atoms with van der Waals surface area (Å²) < 4.78 is 0. The molecule has 0 aliphatic heterocycles. The molecule has 0 spiro atoms. The molecule has 2 N–H and O–H groups in total. The van der Waals surface area contributed by atoms with Crippen LogP contribution in [0.4, 0.5) is 5.69 Å². The second kappa shape index (κ2) is 7.10. The molecule has 0 unspecified atom stereocenters. The summed E-state index contributed by atoms with van der Waals surface area (Å²) >= 11 is 0. The average Bonchev–Trinajstić information content (AvgIpc) is 3.00. The van der Waals surface area contributed by atoms with Crippen LogP contribution in [0.25, 0.3) is 33.4 Å². The van der Waals surface area contributed by atoms with E-state index in [1.807, 2.05) is 6.07 Å². The third-order valence-corrected chi connectivity index (χ3v) is 6.96. The van der Waals surface area contributed by atoms with Crippen molar-refractivity contribution in [1.29, 1.82) is 0 Å². The lowest BCUT2D eigenvalue weighted by molar-refractivity contribution is 0.590. The lowest BCUT2D eigenvalue weighted by Gasteiger charge is -2.26. The summed E-state index contributed by atoms with van der Waals surface area (Å²) in [7, 11) is 0. The molecule has 0 radical (unpaired) electrons. The lowest BCUT2D eigenvalue weighted by atomic mass is 9.77. The second-order valence-electron chi connectivity index (χ2n) is 10.5. The Kier molecular flexibility index (Phi) is 4.57. The Balaban J connectivity index is 1.80. The molecule has 0 aromatic heterocycles. The Hall–Kier alpha value is -3.32. The van der Waals surface area contributed by atoms with Gasteiger partial charge < -0.3 is 5.73 Å². The van der Waals surface area contributed by atoms with Gasteiger partial charge in [0.25, 0.3) is 0 Å². The van der Waals surface area contributed by atoms with E-state index >= 15 is 0 Å². The summed E-state index contributed by atoms with van der Waals surface area (Å²) in [6, 6.07) is 30.8. The molecule has 1 heteroatoms. The largest absolute Gasteiger partial charge is 0.399 e. The molecule has 0 saturated heterocycles. The summed E-state index contributed by atoms with van der Waals surface area (Å²) in [4.78, 5) is 0. The average molecular weight is 418 g/mol. The predicted molar refractivity (Wildman–Crippen MR) is 138 cm³/mol. The van der Waals surface area contributed by atoms with Crippen LogP contribution < -0.4 is 5.73 Å². The molecule has 4 aromatic rings. The molecule has 160 valence electrons. The van der Waals surface area contributed by atoms with E-state index in [0.717, 1.165) is 5.69 Å². The SMILES string of the molecule is CC(C)(C)c1ccc(-c2ccc(-c3ccccc3)c3c2C(C)(C)c2cc(N)ccc2-3)cc1. The minimum Gasteiger partial charge on any atom is -0.399 e. The Bertz CT molecular complexity index is 1300. The van der Waals surface area contributed by atoms with E-state index in [4.69, 9.17) is 5.73 Å². The van der Waals surface area contributed by atoms with Crippen molar-refractivity contribution in [2.45, 2.75) is 45.4 Å². The fraction of sp³-hybridized carbons (Fsp3) is 0.226. The zero-order chi connectivity index (χ0) is 22.7. The monoisotopic (exact) mass is 417 g/mol. The van der Waals surface area contributed by atoms with Crippen molar-refractivity contribution in [3.63, 3.8) is 0 Å². The molecule has 0 atom stereocenters. The minimum absolute atomic E-state index is 0.136. The number of nitrogen functional groups attached to an aromatic ring is 1. The number of hydrogen-bond acceptors (Lipinski definition) is 1. The van der Waals surface area contributed by atoms with Crippen molar-refractivity contribution in [3.8, 4) is 33.4 Å². The first-order valence-electron chi connectivity index (χ1n) is 11.4. The highest BCUT2D eigenvalue weighted by Crippen LogP contribution is 2.55. The molecule has 1 aliphatic rings. The van der Waals surface area contributed by atoms with Crippen molar-refractivity contribution in [2.24, 2.45) is 0 Å². The third-order valence-electron chi connectivity index (χ3n) is 6.96. The van der Waals surface area contributed by atoms with E-state index in [0.29, 0.717) is 0 Å². The van der Waals surface area contributed by atoms with Crippen molar-refractivity contribution in [3.05, 3.63) is 102 Å². The Morgan fingerprint density at radius 1 is 0.656 bits per heavy atom. The lowest BCUT2D eigenvalue weighted by Crippen LogP contribution is -2.17. The molecule has 0 heterocycles. The van der Waals surface area contributed by atoms with Crippen LogP contribution in [0.3, 0.4) is 0 Å². The van der Waals surface area contributed by atoms with E-state index in [1.54, 1.807) is 0 Å². The molecule has 0 saturated carbocycles. The van der Waals surface area contributed by atoms with Gasteiger partial charge in [-0.05, 0) is 67.6 Å². The van der Waals surface area contributed by atoms with Gasteiger partial charge in [0.05, 0.1) is 0 Å². The zero-order valence-corrected chi connectivity index (χ0v) is 19.7. The maximum atomic E-state index is 6.24. The molecule has 0 amide bonds. The summed E-state index contributed by atoms with van der Waals surface area (Å²) in [6.45, 7) is 11.5. The summed E-state index contributed by atoms with van der Waals surface area (Å²) in [5, 5.41) is 0. The molecule has 5 rings (SSSR count). The molecule has 32 heavy (non-hydrogen) atoms. The van der Waals surface area contributed by atoms with E-state index < -0.39 is 0 Å². The van der Waals surface area contributed by atoms with Crippen LogP contribution in [-0.4, -0.2) is 0 Å². The van der Waals surface area contributed by atoms with Crippen LogP contribution in [0.2, 0.25) is 0 Å². The smallest absolute Gasteiger partial charge is 0.0317 e. The van der Waals surface area contributed by atoms with E-state index in [9.17, 15) is 0 Å². The van der Waals surface area contributed by atoms with Crippen molar-refractivity contribution < 1.29 is 0 Å². The summed E-state index contributed by atoms with van der Waals surface area (Å²) in [5.41, 5.74) is 18.9. The number of nitrogens with two attached hydrogens (primary N) is 1. The highest BCUT2D eigenvalue weighted by molar-refractivity contribution is 5.97. The predicted octanol–water partition coefficient (Wildman–Crippen LogP) is 8.21. The molecule has 1 nitrogen and oxygen atoms in total.